The number of nitrogens with one attached hydrogen (secondary N) is 1. The molecule has 0 bridgehead atoms. The van der Waals surface area contributed by atoms with Crippen molar-refractivity contribution in [1.29, 1.82) is 0 Å². The van der Waals surface area contributed by atoms with Crippen molar-refractivity contribution in [2.75, 3.05) is 6.54 Å². The molecular formula is C21H27ClN4O2S. The Hall–Kier alpha value is -2.22. The summed E-state index contributed by atoms with van der Waals surface area (Å²) in [6, 6.07) is 11.9. The maximum Gasteiger partial charge on any atom is 0.226 e. The van der Waals surface area contributed by atoms with E-state index in [0.29, 0.717) is 43.4 Å². The molecule has 1 amide bonds. The van der Waals surface area contributed by atoms with E-state index >= 15 is 0 Å². The number of benzene rings is 1. The smallest absolute Gasteiger partial charge is 0.226 e. The van der Waals surface area contributed by atoms with Crippen LogP contribution in [0.3, 0.4) is 0 Å². The lowest BCUT2D eigenvalue weighted by Crippen LogP contribution is -2.31. The highest BCUT2D eigenvalue weighted by Gasteiger charge is 2.12. The van der Waals surface area contributed by atoms with Gasteiger partial charge in [-0.05, 0) is 34.9 Å². The van der Waals surface area contributed by atoms with E-state index in [-0.39, 0.29) is 24.4 Å². The SMILES string of the molecule is CC(C)c1ccc(C(N)CNC(=O)CCCc2nc(-c3cccs3)no2)cc1.Cl. The van der Waals surface area contributed by atoms with Gasteiger partial charge in [-0.25, -0.2) is 0 Å². The maximum atomic E-state index is 12.1. The van der Waals surface area contributed by atoms with Crippen molar-refractivity contribution in [3.63, 3.8) is 0 Å². The number of aromatic nitrogens is 2. The third-order valence-electron chi connectivity index (χ3n) is 4.55. The molecular weight excluding hydrogens is 408 g/mol. The van der Waals surface area contributed by atoms with E-state index < -0.39 is 0 Å². The first-order valence-corrected chi connectivity index (χ1v) is 10.4. The largest absolute Gasteiger partial charge is 0.354 e. The molecule has 1 atom stereocenters. The molecule has 0 radical (unpaired) electrons. The molecule has 0 aliphatic rings. The number of nitrogens with two attached hydrogens (primary N) is 1. The number of rotatable bonds is 9. The first-order chi connectivity index (χ1) is 13.5. The molecule has 8 heteroatoms. The Balaban J connectivity index is 0.00000300. The fourth-order valence-electron chi connectivity index (χ4n) is 2.82. The number of nitrogens with zero attached hydrogens (tertiary/aromatic N) is 2. The van der Waals surface area contributed by atoms with E-state index in [1.165, 1.54) is 5.56 Å². The molecule has 6 nitrogen and oxygen atoms in total. The summed E-state index contributed by atoms with van der Waals surface area (Å²) >= 11 is 1.57. The lowest BCUT2D eigenvalue weighted by molar-refractivity contribution is -0.121. The number of aryl methyl sites for hydroxylation is 1. The Kier molecular flexibility index (Phi) is 8.82. The third kappa shape index (κ3) is 6.66. The van der Waals surface area contributed by atoms with Crippen molar-refractivity contribution >= 4 is 29.7 Å². The van der Waals surface area contributed by atoms with Crippen LogP contribution in [0.25, 0.3) is 10.7 Å². The van der Waals surface area contributed by atoms with Gasteiger partial charge in [0.05, 0.1) is 4.88 Å². The topological polar surface area (TPSA) is 94.0 Å². The molecule has 0 fully saturated rings. The molecule has 1 unspecified atom stereocenters. The van der Waals surface area contributed by atoms with E-state index in [4.69, 9.17) is 10.3 Å². The lowest BCUT2D eigenvalue weighted by atomic mass is 9.99. The van der Waals surface area contributed by atoms with Crippen LogP contribution in [0.15, 0.2) is 46.3 Å². The summed E-state index contributed by atoms with van der Waals surface area (Å²) in [7, 11) is 0. The molecule has 156 valence electrons. The van der Waals surface area contributed by atoms with Crippen LogP contribution < -0.4 is 11.1 Å². The van der Waals surface area contributed by atoms with Crippen LogP contribution >= 0.6 is 23.7 Å². The highest BCUT2D eigenvalue weighted by molar-refractivity contribution is 7.13. The highest BCUT2D eigenvalue weighted by Crippen LogP contribution is 2.21. The van der Waals surface area contributed by atoms with E-state index in [1.54, 1.807) is 11.3 Å². The number of hydrogen-bond donors (Lipinski definition) is 2. The van der Waals surface area contributed by atoms with E-state index in [1.807, 2.05) is 29.6 Å². The second kappa shape index (κ2) is 11.1. The zero-order valence-electron chi connectivity index (χ0n) is 16.6. The van der Waals surface area contributed by atoms with Crippen molar-refractivity contribution in [1.82, 2.24) is 15.5 Å². The molecule has 3 rings (SSSR count). The second-order valence-corrected chi connectivity index (χ2v) is 8.02. The van der Waals surface area contributed by atoms with Crippen molar-refractivity contribution in [3.8, 4) is 10.7 Å². The van der Waals surface area contributed by atoms with Crippen LogP contribution in [-0.4, -0.2) is 22.6 Å². The van der Waals surface area contributed by atoms with Gasteiger partial charge in [0.1, 0.15) is 0 Å². The van der Waals surface area contributed by atoms with Gasteiger partial charge < -0.3 is 15.6 Å². The Morgan fingerprint density at radius 2 is 1.93 bits per heavy atom. The van der Waals surface area contributed by atoms with Gasteiger partial charge >= 0.3 is 0 Å². The molecule has 29 heavy (non-hydrogen) atoms. The number of hydrogen-bond acceptors (Lipinski definition) is 6. The highest BCUT2D eigenvalue weighted by atomic mass is 35.5. The molecule has 0 saturated heterocycles. The Morgan fingerprint density at radius 3 is 2.59 bits per heavy atom. The van der Waals surface area contributed by atoms with Crippen LogP contribution in [0.5, 0.6) is 0 Å². The number of amides is 1. The molecule has 0 aliphatic carbocycles. The molecule has 2 heterocycles. The summed E-state index contributed by atoms with van der Waals surface area (Å²) in [5, 5.41) is 8.85. The van der Waals surface area contributed by atoms with Crippen molar-refractivity contribution in [2.45, 2.75) is 45.1 Å². The fraction of sp³-hybridized carbons (Fsp3) is 0.381. The maximum absolute atomic E-state index is 12.1. The van der Waals surface area contributed by atoms with Crippen molar-refractivity contribution in [3.05, 3.63) is 58.8 Å². The van der Waals surface area contributed by atoms with Crippen LogP contribution in [-0.2, 0) is 11.2 Å². The minimum Gasteiger partial charge on any atom is -0.354 e. The van der Waals surface area contributed by atoms with Gasteiger partial charge in [-0.3, -0.25) is 4.79 Å². The molecule has 3 N–H and O–H groups in total. The van der Waals surface area contributed by atoms with Crippen LogP contribution in [0.2, 0.25) is 0 Å². The van der Waals surface area contributed by atoms with E-state index in [2.05, 4.69) is 41.4 Å². The van der Waals surface area contributed by atoms with Gasteiger partial charge in [-0.2, -0.15) is 4.98 Å². The van der Waals surface area contributed by atoms with Gasteiger partial charge in [0, 0.05) is 25.4 Å². The third-order valence-corrected chi connectivity index (χ3v) is 5.42. The van der Waals surface area contributed by atoms with Crippen LogP contribution in [0.4, 0.5) is 0 Å². The van der Waals surface area contributed by atoms with Crippen molar-refractivity contribution < 1.29 is 9.32 Å². The Labute approximate surface area is 181 Å². The lowest BCUT2D eigenvalue weighted by Gasteiger charge is -2.14. The van der Waals surface area contributed by atoms with E-state index in [0.717, 1.165) is 10.4 Å². The van der Waals surface area contributed by atoms with Crippen LogP contribution in [0, 0.1) is 0 Å². The molecule has 0 saturated carbocycles. The van der Waals surface area contributed by atoms with Gasteiger partial charge in [-0.15, -0.1) is 23.7 Å². The molecule has 1 aromatic carbocycles. The minimum atomic E-state index is -0.213. The molecule has 3 aromatic rings. The average Bonchev–Trinajstić information content (AvgIpc) is 3.38. The minimum absolute atomic E-state index is 0. The van der Waals surface area contributed by atoms with Gasteiger partial charge in [0.2, 0.25) is 17.6 Å². The van der Waals surface area contributed by atoms with Crippen molar-refractivity contribution in [2.24, 2.45) is 5.73 Å². The number of halogens is 1. The zero-order chi connectivity index (χ0) is 19.9. The fourth-order valence-corrected chi connectivity index (χ4v) is 3.47. The summed E-state index contributed by atoms with van der Waals surface area (Å²) in [5.41, 5.74) is 8.50. The first-order valence-electron chi connectivity index (χ1n) is 9.51. The normalized spacial score (nSPS) is 11.9. The number of carbonyl (C=O) groups excluding carboxylic acids is 1. The Bertz CT molecular complexity index is 878. The van der Waals surface area contributed by atoms with Gasteiger partial charge in [0.15, 0.2) is 0 Å². The molecule has 0 aliphatic heterocycles. The monoisotopic (exact) mass is 434 g/mol. The molecule has 2 aromatic heterocycles. The summed E-state index contributed by atoms with van der Waals surface area (Å²) in [6.45, 7) is 4.74. The summed E-state index contributed by atoms with van der Waals surface area (Å²) in [5.74, 6) is 1.62. The standard InChI is InChI=1S/C21H26N4O2S.ClH/c1-14(2)15-8-10-16(11-9-15)17(22)13-23-19(26)6-3-7-20-24-21(25-27-20)18-5-4-12-28-18;/h4-5,8-12,14,17H,3,6-7,13,22H2,1-2H3,(H,23,26);1H. The van der Waals surface area contributed by atoms with E-state index in [9.17, 15) is 4.79 Å². The summed E-state index contributed by atoms with van der Waals surface area (Å²) < 4.78 is 5.25. The predicted octanol–water partition coefficient (Wildman–Crippen LogP) is 4.48. The molecule has 0 spiro atoms. The number of thiophene rings is 1. The van der Waals surface area contributed by atoms with Gasteiger partial charge in [-0.1, -0.05) is 49.3 Å². The first kappa shape index (κ1) is 23.1. The predicted molar refractivity (Wildman–Crippen MR) is 118 cm³/mol. The van der Waals surface area contributed by atoms with Crippen LogP contribution in [0.1, 0.15) is 55.7 Å². The average molecular weight is 435 g/mol. The van der Waals surface area contributed by atoms with Gasteiger partial charge in [0.25, 0.3) is 0 Å². The second-order valence-electron chi connectivity index (χ2n) is 7.07. The Morgan fingerprint density at radius 1 is 1.21 bits per heavy atom. The quantitative estimate of drug-likeness (QED) is 0.517. The summed E-state index contributed by atoms with van der Waals surface area (Å²) in [6.07, 6.45) is 1.63. The summed E-state index contributed by atoms with van der Waals surface area (Å²) in [4.78, 5) is 17.4. The number of carbonyl (C=O) groups is 1. The zero-order valence-corrected chi connectivity index (χ0v) is 18.3.